The Labute approximate surface area is 97.8 Å². The summed E-state index contributed by atoms with van der Waals surface area (Å²) in [4.78, 5) is 0.413. The molecule has 0 aliphatic rings. The molecule has 0 spiro atoms. The molecule has 16 heavy (non-hydrogen) atoms. The highest BCUT2D eigenvalue weighted by atomic mass is 32.3. The molecule has 92 valence electrons. The van der Waals surface area contributed by atoms with Crippen molar-refractivity contribution >= 4 is 10.9 Å². The monoisotopic (exact) mass is 246 g/mol. The number of ether oxygens (including phenoxy) is 1. The molecule has 0 bridgehead atoms. The molecule has 5 heteroatoms. The van der Waals surface area contributed by atoms with Crippen LogP contribution in [0.2, 0.25) is 0 Å². The minimum atomic E-state index is -3.11. The summed E-state index contributed by atoms with van der Waals surface area (Å²) in [5, 5.41) is 0. The molecule has 1 aromatic rings. The summed E-state index contributed by atoms with van der Waals surface area (Å²) in [5.41, 5.74) is 1.07. The van der Waals surface area contributed by atoms with Crippen molar-refractivity contribution in [3.63, 3.8) is 0 Å². The molecule has 2 N–H and O–H groups in total. The van der Waals surface area contributed by atoms with Crippen LogP contribution in [0.15, 0.2) is 29.2 Å². The van der Waals surface area contributed by atoms with Crippen LogP contribution in [-0.2, 0) is 8.92 Å². The van der Waals surface area contributed by atoms with E-state index in [0.29, 0.717) is 17.9 Å². The van der Waals surface area contributed by atoms with Crippen molar-refractivity contribution in [2.24, 2.45) is 0 Å². The van der Waals surface area contributed by atoms with E-state index in [1.54, 1.807) is 19.2 Å². The Balaban J connectivity index is 2.52. The van der Waals surface area contributed by atoms with E-state index >= 15 is 0 Å². The molecule has 0 radical (unpaired) electrons. The summed E-state index contributed by atoms with van der Waals surface area (Å²) in [5.74, 6) is 0. The first-order chi connectivity index (χ1) is 7.56. The average Bonchev–Trinajstić information content (AvgIpc) is 2.25. The lowest BCUT2D eigenvalue weighted by atomic mass is 10.2. The van der Waals surface area contributed by atoms with Gasteiger partial charge in [-0.3, -0.25) is 4.18 Å². The summed E-state index contributed by atoms with van der Waals surface area (Å²) in [6.45, 7) is 2.75. The van der Waals surface area contributed by atoms with Gasteiger partial charge in [0.25, 0.3) is 0 Å². The quantitative estimate of drug-likeness (QED) is 0.757. The fraction of sp³-hybridized carbons (Fsp3) is 0.455. The van der Waals surface area contributed by atoms with Crippen molar-refractivity contribution in [2.75, 3.05) is 20.3 Å². The SMILES string of the molecule is COCCCOS(O)(O)c1ccc(C)cc1. The van der Waals surface area contributed by atoms with Crippen molar-refractivity contribution in [2.45, 2.75) is 18.2 Å². The van der Waals surface area contributed by atoms with Crippen LogP contribution in [0.25, 0.3) is 0 Å². The van der Waals surface area contributed by atoms with Crippen LogP contribution < -0.4 is 0 Å². The van der Waals surface area contributed by atoms with E-state index in [9.17, 15) is 9.11 Å². The molecule has 0 heterocycles. The van der Waals surface area contributed by atoms with Gasteiger partial charge in [0.1, 0.15) is 10.9 Å². The molecule has 1 aromatic carbocycles. The Morgan fingerprint density at radius 3 is 2.31 bits per heavy atom. The second kappa shape index (κ2) is 6.22. The zero-order chi connectivity index (χ0) is 12.0. The molecule has 0 aliphatic carbocycles. The normalized spacial score (nSPS) is 12.8. The van der Waals surface area contributed by atoms with E-state index < -0.39 is 10.9 Å². The first kappa shape index (κ1) is 13.5. The molecule has 0 saturated carbocycles. The second-order valence-electron chi connectivity index (χ2n) is 3.48. The van der Waals surface area contributed by atoms with Crippen molar-refractivity contribution in [1.82, 2.24) is 0 Å². The number of aryl methyl sites for hydroxylation is 1. The smallest absolute Gasteiger partial charge is 0.115 e. The molecule has 0 unspecified atom stereocenters. The lowest BCUT2D eigenvalue weighted by Crippen LogP contribution is -2.06. The minimum absolute atomic E-state index is 0.268. The standard InChI is InChI=1S/C11H18O4S/c1-10-4-6-11(7-5-10)16(12,13)15-9-3-8-14-2/h4-7,12-13H,3,8-9H2,1-2H3. The highest BCUT2D eigenvalue weighted by molar-refractivity contribution is 8.20. The molecular formula is C11H18O4S. The van der Waals surface area contributed by atoms with Gasteiger partial charge in [0.2, 0.25) is 0 Å². The predicted molar refractivity (Wildman–Crippen MR) is 64.7 cm³/mol. The third kappa shape index (κ3) is 4.11. The molecule has 1 rings (SSSR count). The predicted octanol–water partition coefficient (Wildman–Crippen LogP) is 3.07. The maximum absolute atomic E-state index is 9.75. The second-order valence-corrected chi connectivity index (χ2v) is 5.18. The van der Waals surface area contributed by atoms with Gasteiger partial charge in [0.05, 0.1) is 11.5 Å². The van der Waals surface area contributed by atoms with Gasteiger partial charge in [0, 0.05) is 13.7 Å². The third-order valence-electron chi connectivity index (χ3n) is 2.07. The lowest BCUT2D eigenvalue weighted by Gasteiger charge is -2.26. The summed E-state index contributed by atoms with van der Waals surface area (Å²) in [6.07, 6.45) is 0.637. The highest BCUT2D eigenvalue weighted by Gasteiger charge is 2.20. The Kier molecular flexibility index (Phi) is 5.24. The van der Waals surface area contributed by atoms with Gasteiger partial charge in [-0.25, -0.2) is 0 Å². The number of methoxy groups -OCH3 is 1. The molecule has 4 nitrogen and oxygen atoms in total. The van der Waals surface area contributed by atoms with Gasteiger partial charge >= 0.3 is 0 Å². The first-order valence-corrected chi connectivity index (χ1v) is 6.51. The van der Waals surface area contributed by atoms with Crippen LogP contribution in [0.5, 0.6) is 0 Å². The lowest BCUT2D eigenvalue weighted by molar-refractivity contribution is 0.167. The van der Waals surface area contributed by atoms with Gasteiger partial charge in [-0.1, -0.05) is 17.7 Å². The molecule has 0 saturated heterocycles. The van der Waals surface area contributed by atoms with Crippen LogP contribution in [-0.4, -0.2) is 29.4 Å². The van der Waals surface area contributed by atoms with Gasteiger partial charge in [-0.15, -0.1) is 0 Å². The largest absolute Gasteiger partial charge is 0.385 e. The van der Waals surface area contributed by atoms with E-state index in [2.05, 4.69) is 0 Å². The van der Waals surface area contributed by atoms with E-state index in [4.69, 9.17) is 8.92 Å². The van der Waals surface area contributed by atoms with E-state index in [1.165, 1.54) is 0 Å². The molecule has 0 fully saturated rings. The van der Waals surface area contributed by atoms with Crippen LogP contribution in [0.4, 0.5) is 0 Å². The molecule has 0 atom stereocenters. The average molecular weight is 246 g/mol. The minimum Gasteiger partial charge on any atom is -0.385 e. The fourth-order valence-electron chi connectivity index (χ4n) is 1.16. The third-order valence-corrected chi connectivity index (χ3v) is 3.45. The zero-order valence-corrected chi connectivity index (χ0v) is 10.4. The van der Waals surface area contributed by atoms with Crippen LogP contribution >= 0.6 is 10.9 Å². The fourth-order valence-corrected chi connectivity index (χ4v) is 2.14. The molecular weight excluding hydrogens is 228 g/mol. The van der Waals surface area contributed by atoms with Gasteiger partial charge < -0.3 is 13.8 Å². The van der Waals surface area contributed by atoms with Gasteiger partial charge in [-0.2, -0.15) is 0 Å². The number of benzene rings is 1. The van der Waals surface area contributed by atoms with Crippen molar-refractivity contribution in [3.05, 3.63) is 29.8 Å². The molecule has 0 amide bonds. The maximum Gasteiger partial charge on any atom is 0.115 e. The van der Waals surface area contributed by atoms with E-state index in [0.717, 1.165) is 5.56 Å². The van der Waals surface area contributed by atoms with Crippen LogP contribution in [0.3, 0.4) is 0 Å². The van der Waals surface area contributed by atoms with Crippen molar-refractivity contribution < 1.29 is 18.0 Å². The Morgan fingerprint density at radius 2 is 1.75 bits per heavy atom. The maximum atomic E-state index is 9.75. The van der Waals surface area contributed by atoms with Crippen LogP contribution in [0, 0.1) is 6.92 Å². The van der Waals surface area contributed by atoms with Crippen molar-refractivity contribution in [1.29, 1.82) is 0 Å². The topological polar surface area (TPSA) is 58.9 Å². The summed E-state index contributed by atoms with van der Waals surface area (Å²) in [7, 11) is -1.52. The Hall–Kier alpha value is -0.590. The van der Waals surface area contributed by atoms with E-state index in [1.807, 2.05) is 19.1 Å². The zero-order valence-electron chi connectivity index (χ0n) is 9.55. The molecule has 0 aromatic heterocycles. The first-order valence-electron chi connectivity index (χ1n) is 5.04. The number of rotatable bonds is 6. The van der Waals surface area contributed by atoms with Gasteiger partial charge in [0.15, 0.2) is 0 Å². The highest BCUT2D eigenvalue weighted by Crippen LogP contribution is 2.48. The Morgan fingerprint density at radius 1 is 1.12 bits per heavy atom. The van der Waals surface area contributed by atoms with Gasteiger partial charge in [-0.05, 0) is 25.5 Å². The molecule has 0 aliphatic heterocycles. The number of hydrogen-bond donors (Lipinski definition) is 2. The van der Waals surface area contributed by atoms with Crippen molar-refractivity contribution in [3.8, 4) is 0 Å². The number of hydrogen-bond acceptors (Lipinski definition) is 4. The van der Waals surface area contributed by atoms with Crippen LogP contribution in [0.1, 0.15) is 12.0 Å². The summed E-state index contributed by atoms with van der Waals surface area (Å²) >= 11 is 0. The summed E-state index contributed by atoms with van der Waals surface area (Å²) in [6, 6.07) is 6.98. The summed E-state index contributed by atoms with van der Waals surface area (Å²) < 4.78 is 29.4. The van der Waals surface area contributed by atoms with E-state index in [-0.39, 0.29) is 6.61 Å². The Bertz CT molecular complexity index is 310.